The summed E-state index contributed by atoms with van der Waals surface area (Å²) in [5.41, 5.74) is -0.0355. The number of aliphatic hydroxyl groups is 1. The van der Waals surface area contributed by atoms with Gasteiger partial charge in [-0.3, -0.25) is 0 Å². The Labute approximate surface area is 101 Å². The molecule has 0 fully saturated rings. The number of aliphatic hydroxyl groups excluding tert-OH is 1. The van der Waals surface area contributed by atoms with E-state index in [0.29, 0.717) is 5.56 Å². The van der Waals surface area contributed by atoms with Crippen LogP contribution in [-0.2, 0) is 6.54 Å². The maximum absolute atomic E-state index is 13.7. The third-order valence-electron chi connectivity index (χ3n) is 2.98. The molecule has 0 aromatic heterocycles. The average Bonchev–Trinajstić information content (AvgIpc) is 2.27. The summed E-state index contributed by atoms with van der Waals surface area (Å²) in [5.74, 6) is -0.496. The molecule has 3 nitrogen and oxygen atoms in total. The highest BCUT2D eigenvalue weighted by Crippen LogP contribution is 2.14. The minimum atomic E-state index is -0.551. The van der Waals surface area contributed by atoms with Crippen molar-refractivity contribution in [3.63, 3.8) is 0 Å². The van der Waals surface area contributed by atoms with Gasteiger partial charge in [0, 0.05) is 17.6 Å². The predicted molar refractivity (Wildman–Crippen MR) is 63.7 cm³/mol. The van der Waals surface area contributed by atoms with Crippen molar-refractivity contribution in [2.45, 2.75) is 39.0 Å². The van der Waals surface area contributed by atoms with E-state index in [1.54, 1.807) is 25.1 Å². The summed E-state index contributed by atoms with van der Waals surface area (Å²) in [6.07, 6.45) is -0.551. The van der Waals surface area contributed by atoms with Crippen LogP contribution in [0, 0.1) is 17.1 Å². The molecule has 0 heterocycles. The Morgan fingerprint density at radius 1 is 1.53 bits per heavy atom. The number of rotatable bonds is 4. The van der Waals surface area contributed by atoms with Crippen molar-refractivity contribution < 1.29 is 9.50 Å². The van der Waals surface area contributed by atoms with Crippen molar-refractivity contribution >= 4 is 0 Å². The van der Waals surface area contributed by atoms with Crippen LogP contribution in [0.5, 0.6) is 0 Å². The topological polar surface area (TPSA) is 56.0 Å². The number of nitriles is 1. The molecule has 0 radical (unpaired) electrons. The lowest BCUT2D eigenvalue weighted by molar-refractivity contribution is 0.0954. The smallest absolute Gasteiger partial charge is 0.145 e. The average molecular weight is 236 g/mol. The van der Waals surface area contributed by atoms with Crippen LogP contribution in [0.3, 0.4) is 0 Å². The van der Waals surface area contributed by atoms with Gasteiger partial charge in [0.25, 0.3) is 0 Å². The van der Waals surface area contributed by atoms with Crippen LogP contribution < -0.4 is 5.32 Å². The van der Waals surface area contributed by atoms with Crippen LogP contribution in [0.2, 0.25) is 0 Å². The lowest BCUT2D eigenvalue weighted by Crippen LogP contribution is -2.47. The van der Waals surface area contributed by atoms with Gasteiger partial charge in [-0.1, -0.05) is 12.1 Å². The van der Waals surface area contributed by atoms with Crippen LogP contribution in [-0.4, -0.2) is 16.7 Å². The molecule has 0 aliphatic carbocycles. The molecule has 0 aliphatic rings. The van der Waals surface area contributed by atoms with Gasteiger partial charge in [0.2, 0.25) is 0 Å². The van der Waals surface area contributed by atoms with Crippen molar-refractivity contribution in [3.8, 4) is 6.07 Å². The zero-order valence-corrected chi connectivity index (χ0v) is 10.3. The molecule has 0 amide bonds. The summed E-state index contributed by atoms with van der Waals surface area (Å²) in [6, 6.07) is 6.52. The summed E-state index contributed by atoms with van der Waals surface area (Å²) in [7, 11) is 0. The molecule has 17 heavy (non-hydrogen) atoms. The molecular weight excluding hydrogens is 219 g/mol. The second kappa shape index (κ2) is 5.26. The number of benzene rings is 1. The Bertz CT molecular complexity index is 436. The van der Waals surface area contributed by atoms with E-state index in [9.17, 15) is 9.50 Å². The minimum absolute atomic E-state index is 0.0409. The third kappa shape index (κ3) is 3.26. The van der Waals surface area contributed by atoms with E-state index in [0.717, 1.165) is 0 Å². The van der Waals surface area contributed by atoms with Crippen molar-refractivity contribution in [2.24, 2.45) is 0 Å². The normalized spacial score (nSPS) is 13.2. The van der Waals surface area contributed by atoms with Crippen LogP contribution in [0.15, 0.2) is 18.2 Å². The van der Waals surface area contributed by atoms with Crippen molar-refractivity contribution in [1.29, 1.82) is 5.26 Å². The fourth-order valence-electron chi connectivity index (χ4n) is 1.27. The van der Waals surface area contributed by atoms with Gasteiger partial charge in [0.15, 0.2) is 0 Å². The van der Waals surface area contributed by atoms with Crippen LogP contribution in [0.1, 0.15) is 31.9 Å². The molecular formula is C13H17FN2O. The molecule has 0 bridgehead atoms. The lowest BCUT2D eigenvalue weighted by Gasteiger charge is -2.29. The Morgan fingerprint density at radius 2 is 2.18 bits per heavy atom. The summed E-state index contributed by atoms with van der Waals surface area (Å²) in [6.45, 7) is 5.63. The first-order valence-electron chi connectivity index (χ1n) is 5.49. The van der Waals surface area contributed by atoms with E-state index < -0.39 is 17.5 Å². The summed E-state index contributed by atoms with van der Waals surface area (Å²) < 4.78 is 13.7. The molecule has 2 N–H and O–H groups in total. The first-order chi connectivity index (χ1) is 7.88. The molecule has 0 spiro atoms. The predicted octanol–water partition coefficient (Wildman–Crippen LogP) is 1.95. The first kappa shape index (κ1) is 13.6. The van der Waals surface area contributed by atoms with Gasteiger partial charge in [-0.05, 0) is 26.8 Å². The van der Waals surface area contributed by atoms with Gasteiger partial charge in [0.1, 0.15) is 11.9 Å². The number of nitrogens with one attached hydrogen (secondary N) is 1. The van der Waals surface area contributed by atoms with Crippen LogP contribution in [0.25, 0.3) is 0 Å². The summed E-state index contributed by atoms with van der Waals surface area (Å²) in [4.78, 5) is 0. The molecule has 1 rings (SSSR count). The number of halogens is 1. The van der Waals surface area contributed by atoms with Crippen LogP contribution >= 0.6 is 0 Å². The lowest BCUT2D eigenvalue weighted by atomic mass is 9.98. The number of hydrogen-bond acceptors (Lipinski definition) is 3. The second-order valence-electron chi connectivity index (χ2n) is 4.64. The molecule has 1 aromatic carbocycles. The molecule has 92 valence electrons. The maximum Gasteiger partial charge on any atom is 0.145 e. The molecule has 0 aliphatic heterocycles. The van der Waals surface area contributed by atoms with Gasteiger partial charge < -0.3 is 10.4 Å². The van der Waals surface area contributed by atoms with Gasteiger partial charge in [-0.15, -0.1) is 0 Å². The van der Waals surface area contributed by atoms with Gasteiger partial charge in [-0.2, -0.15) is 5.26 Å². The highest BCUT2D eigenvalue weighted by atomic mass is 19.1. The second-order valence-corrected chi connectivity index (χ2v) is 4.64. The zero-order chi connectivity index (χ0) is 13.1. The molecule has 1 unspecified atom stereocenters. The van der Waals surface area contributed by atoms with Gasteiger partial charge in [0.05, 0.1) is 11.7 Å². The molecule has 1 atom stereocenters. The van der Waals surface area contributed by atoms with Crippen molar-refractivity contribution in [1.82, 2.24) is 5.32 Å². The quantitative estimate of drug-likeness (QED) is 0.840. The molecule has 4 heteroatoms. The number of nitrogens with zero attached hydrogens (tertiary/aromatic N) is 1. The van der Waals surface area contributed by atoms with E-state index in [-0.39, 0.29) is 12.1 Å². The molecule has 0 saturated heterocycles. The molecule has 0 saturated carbocycles. The van der Waals surface area contributed by atoms with Gasteiger partial charge >= 0.3 is 0 Å². The Balaban J connectivity index is 2.81. The van der Waals surface area contributed by atoms with E-state index in [1.165, 1.54) is 6.07 Å². The third-order valence-corrected chi connectivity index (χ3v) is 2.98. The largest absolute Gasteiger partial charge is 0.392 e. The number of hydrogen-bond donors (Lipinski definition) is 2. The maximum atomic E-state index is 13.7. The SMILES string of the molecule is CC(O)C(C)(C)NCc1cccc(C#N)c1F. The van der Waals surface area contributed by atoms with Crippen molar-refractivity contribution in [2.75, 3.05) is 0 Å². The summed E-state index contributed by atoms with van der Waals surface area (Å²) in [5, 5.41) is 21.3. The van der Waals surface area contributed by atoms with Gasteiger partial charge in [-0.25, -0.2) is 4.39 Å². The van der Waals surface area contributed by atoms with Crippen molar-refractivity contribution in [3.05, 3.63) is 35.1 Å². The zero-order valence-electron chi connectivity index (χ0n) is 10.3. The first-order valence-corrected chi connectivity index (χ1v) is 5.49. The fraction of sp³-hybridized carbons (Fsp3) is 0.462. The fourth-order valence-corrected chi connectivity index (χ4v) is 1.27. The monoisotopic (exact) mass is 236 g/mol. The van der Waals surface area contributed by atoms with E-state index in [4.69, 9.17) is 5.26 Å². The Kier molecular flexibility index (Phi) is 4.22. The van der Waals surface area contributed by atoms with E-state index in [2.05, 4.69) is 5.32 Å². The Hall–Kier alpha value is -1.44. The Morgan fingerprint density at radius 3 is 2.71 bits per heavy atom. The van der Waals surface area contributed by atoms with E-state index in [1.807, 2.05) is 13.8 Å². The summed E-state index contributed by atoms with van der Waals surface area (Å²) >= 11 is 0. The highest BCUT2D eigenvalue weighted by molar-refractivity contribution is 5.34. The van der Waals surface area contributed by atoms with E-state index >= 15 is 0 Å². The standard InChI is InChI=1S/C13H17FN2O/c1-9(17)13(2,3)16-8-11-6-4-5-10(7-15)12(11)14/h4-6,9,16-17H,8H2,1-3H3. The highest BCUT2D eigenvalue weighted by Gasteiger charge is 2.23. The van der Waals surface area contributed by atoms with Crippen LogP contribution in [0.4, 0.5) is 4.39 Å². The minimum Gasteiger partial charge on any atom is -0.392 e. The molecule has 1 aromatic rings.